The molecule has 102 valence electrons. The van der Waals surface area contributed by atoms with Crippen molar-refractivity contribution in [3.05, 3.63) is 34.9 Å². The molecule has 0 atom stereocenters. The van der Waals surface area contributed by atoms with Crippen LogP contribution in [-0.4, -0.2) is 18.4 Å². The fraction of sp³-hybridized carbons (Fsp3) is 0.467. The van der Waals surface area contributed by atoms with E-state index in [4.69, 9.17) is 5.73 Å². The van der Waals surface area contributed by atoms with E-state index < -0.39 is 5.41 Å². The van der Waals surface area contributed by atoms with E-state index in [2.05, 4.69) is 5.32 Å². The predicted molar refractivity (Wildman–Crippen MR) is 74.0 cm³/mol. The molecule has 1 aromatic carbocycles. The van der Waals surface area contributed by atoms with E-state index in [0.29, 0.717) is 12.1 Å². The predicted octanol–water partition coefficient (Wildman–Crippen LogP) is 1.47. The fourth-order valence-electron chi connectivity index (χ4n) is 2.53. The molecule has 0 aliphatic carbocycles. The lowest BCUT2D eigenvalue weighted by Crippen LogP contribution is -2.50. The Kier molecular flexibility index (Phi) is 3.01. The van der Waals surface area contributed by atoms with Crippen LogP contribution in [0.3, 0.4) is 0 Å². The van der Waals surface area contributed by atoms with E-state index in [0.717, 1.165) is 11.1 Å². The Labute approximate surface area is 113 Å². The van der Waals surface area contributed by atoms with Crippen LogP contribution in [0.1, 0.15) is 49.2 Å². The lowest BCUT2D eigenvalue weighted by molar-refractivity contribution is -0.125. The zero-order valence-electron chi connectivity index (χ0n) is 11.8. The first kappa shape index (κ1) is 13.7. The molecule has 0 aromatic heterocycles. The Hall–Kier alpha value is -1.68. The topological polar surface area (TPSA) is 72.2 Å². The van der Waals surface area contributed by atoms with E-state index in [9.17, 15) is 9.59 Å². The third-order valence-corrected chi connectivity index (χ3v) is 3.97. The van der Waals surface area contributed by atoms with Gasteiger partial charge in [-0.2, -0.15) is 0 Å². The molecule has 4 nitrogen and oxygen atoms in total. The minimum absolute atomic E-state index is 0.259. The van der Waals surface area contributed by atoms with Crippen LogP contribution in [-0.2, 0) is 15.6 Å². The molecule has 4 heteroatoms. The van der Waals surface area contributed by atoms with Crippen LogP contribution < -0.4 is 11.1 Å². The molecule has 0 spiro atoms. The van der Waals surface area contributed by atoms with Gasteiger partial charge in [0.15, 0.2) is 0 Å². The maximum Gasteiger partial charge on any atom is 0.258 e. The monoisotopic (exact) mass is 260 g/mol. The number of hydrogen-bond donors (Lipinski definition) is 2. The second-order valence-corrected chi connectivity index (χ2v) is 6.22. The van der Waals surface area contributed by atoms with Crippen LogP contribution in [0.2, 0.25) is 0 Å². The molecule has 19 heavy (non-hydrogen) atoms. The SMILES string of the molecule is CC(C)(CN)c1cccc2c1C(C)(C)C(=O)NC2=O. The van der Waals surface area contributed by atoms with Crippen molar-refractivity contribution in [1.29, 1.82) is 0 Å². The number of carbonyl (C=O) groups excluding carboxylic acids is 2. The molecule has 2 rings (SSSR count). The van der Waals surface area contributed by atoms with Gasteiger partial charge in [-0.1, -0.05) is 26.0 Å². The van der Waals surface area contributed by atoms with Crippen molar-refractivity contribution in [3.8, 4) is 0 Å². The molecule has 1 heterocycles. The maximum absolute atomic E-state index is 12.1. The van der Waals surface area contributed by atoms with Gasteiger partial charge in [-0.3, -0.25) is 14.9 Å². The average molecular weight is 260 g/mol. The summed E-state index contributed by atoms with van der Waals surface area (Å²) < 4.78 is 0. The summed E-state index contributed by atoms with van der Waals surface area (Å²) in [5.41, 5.74) is 7.19. The summed E-state index contributed by atoms with van der Waals surface area (Å²) in [5, 5.41) is 2.41. The van der Waals surface area contributed by atoms with E-state index in [-0.39, 0.29) is 17.2 Å². The van der Waals surface area contributed by atoms with Gasteiger partial charge in [0.2, 0.25) is 5.91 Å². The first-order chi connectivity index (χ1) is 8.71. The first-order valence-electron chi connectivity index (χ1n) is 6.41. The third-order valence-electron chi connectivity index (χ3n) is 3.97. The van der Waals surface area contributed by atoms with E-state index >= 15 is 0 Å². The van der Waals surface area contributed by atoms with Crippen LogP contribution >= 0.6 is 0 Å². The Balaban J connectivity index is 2.79. The van der Waals surface area contributed by atoms with Gasteiger partial charge >= 0.3 is 0 Å². The van der Waals surface area contributed by atoms with Crippen molar-refractivity contribution in [1.82, 2.24) is 5.32 Å². The van der Waals surface area contributed by atoms with Gasteiger partial charge in [-0.05, 0) is 31.0 Å². The molecule has 1 aliphatic heterocycles. The largest absolute Gasteiger partial charge is 0.330 e. The number of benzene rings is 1. The number of nitrogens with two attached hydrogens (primary N) is 1. The van der Waals surface area contributed by atoms with E-state index in [1.165, 1.54) is 0 Å². The standard InChI is InChI=1S/C15H20N2O2/c1-14(2,8-16)10-7-5-6-9-11(10)15(3,4)13(19)17-12(9)18/h5-7H,8,16H2,1-4H3,(H,17,18,19). The van der Waals surface area contributed by atoms with Gasteiger partial charge in [0, 0.05) is 17.5 Å². The molecule has 1 aliphatic rings. The second kappa shape index (κ2) is 4.17. The van der Waals surface area contributed by atoms with Crippen LogP contribution in [0, 0.1) is 0 Å². The molecule has 0 saturated carbocycles. The minimum Gasteiger partial charge on any atom is -0.330 e. The smallest absolute Gasteiger partial charge is 0.258 e. The van der Waals surface area contributed by atoms with Crippen molar-refractivity contribution in [3.63, 3.8) is 0 Å². The summed E-state index contributed by atoms with van der Waals surface area (Å²) in [6, 6.07) is 5.56. The highest BCUT2D eigenvalue weighted by Gasteiger charge is 2.42. The summed E-state index contributed by atoms with van der Waals surface area (Å²) >= 11 is 0. The van der Waals surface area contributed by atoms with Crippen molar-refractivity contribution in [2.24, 2.45) is 5.73 Å². The van der Waals surface area contributed by atoms with Crippen LogP contribution in [0.5, 0.6) is 0 Å². The number of rotatable bonds is 2. The Bertz CT molecular complexity index is 559. The molecule has 0 bridgehead atoms. The summed E-state index contributed by atoms with van der Waals surface area (Å²) in [7, 11) is 0. The molecule has 2 amide bonds. The zero-order chi connectivity index (χ0) is 14.4. The van der Waals surface area contributed by atoms with E-state index in [1.807, 2.05) is 39.8 Å². The van der Waals surface area contributed by atoms with Crippen molar-refractivity contribution in [2.75, 3.05) is 6.54 Å². The molecule has 3 N–H and O–H groups in total. The van der Waals surface area contributed by atoms with Crippen molar-refractivity contribution < 1.29 is 9.59 Å². The lowest BCUT2D eigenvalue weighted by Gasteiger charge is -2.37. The molecular weight excluding hydrogens is 240 g/mol. The number of nitrogens with one attached hydrogen (secondary N) is 1. The van der Waals surface area contributed by atoms with Gasteiger partial charge < -0.3 is 5.73 Å². The fourth-order valence-corrected chi connectivity index (χ4v) is 2.53. The Morgan fingerprint density at radius 3 is 2.47 bits per heavy atom. The Morgan fingerprint density at radius 2 is 1.89 bits per heavy atom. The third kappa shape index (κ3) is 1.96. The highest BCUT2D eigenvalue weighted by Crippen LogP contribution is 2.38. The van der Waals surface area contributed by atoms with Gasteiger partial charge in [-0.15, -0.1) is 0 Å². The summed E-state index contributed by atoms with van der Waals surface area (Å²) in [6.45, 7) is 8.17. The highest BCUT2D eigenvalue weighted by atomic mass is 16.2. The van der Waals surface area contributed by atoms with Crippen molar-refractivity contribution in [2.45, 2.75) is 38.5 Å². The summed E-state index contributed by atoms with van der Waals surface area (Å²) in [4.78, 5) is 24.1. The van der Waals surface area contributed by atoms with Gasteiger partial charge in [0.25, 0.3) is 5.91 Å². The molecule has 0 fully saturated rings. The normalized spacial score (nSPS) is 17.9. The number of amides is 2. The summed E-state index contributed by atoms with van der Waals surface area (Å²) in [5.74, 6) is -0.584. The maximum atomic E-state index is 12.1. The molecule has 0 radical (unpaired) electrons. The second-order valence-electron chi connectivity index (χ2n) is 6.22. The number of carbonyl (C=O) groups is 2. The molecule has 0 unspecified atom stereocenters. The number of imide groups is 1. The number of fused-ring (bicyclic) bond motifs is 1. The van der Waals surface area contributed by atoms with Crippen molar-refractivity contribution >= 4 is 11.8 Å². The van der Waals surface area contributed by atoms with Crippen LogP contribution in [0.25, 0.3) is 0 Å². The van der Waals surface area contributed by atoms with Crippen LogP contribution in [0.15, 0.2) is 18.2 Å². The van der Waals surface area contributed by atoms with E-state index in [1.54, 1.807) is 6.07 Å². The average Bonchev–Trinajstić information content (AvgIpc) is 2.36. The van der Waals surface area contributed by atoms with Crippen LogP contribution in [0.4, 0.5) is 0 Å². The van der Waals surface area contributed by atoms with Gasteiger partial charge in [0.1, 0.15) is 0 Å². The first-order valence-corrected chi connectivity index (χ1v) is 6.41. The number of hydrogen-bond acceptors (Lipinski definition) is 3. The summed E-state index contributed by atoms with van der Waals surface area (Å²) in [6.07, 6.45) is 0. The minimum atomic E-state index is -0.730. The quantitative estimate of drug-likeness (QED) is 0.791. The highest BCUT2D eigenvalue weighted by molar-refractivity contribution is 6.13. The molecule has 0 saturated heterocycles. The Morgan fingerprint density at radius 1 is 1.26 bits per heavy atom. The van der Waals surface area contributed by atoms with Gasteiger partial charge in [-0.25, -0.2) is 0 Å². The lowest BCUT2D eigenvalue weighted by atomic mass is 9.69. The molecule has 1 aromatic rings. The molecular formula is C15H20N2O2. The zero-order valence-corrected chi connectivity index (χ0v) is 11.8. The van der Waals surface area contributed by atoms with Gasteiger partial charge in [0.05, 0.1) is 5.41 Å².